The van der Waals surface area contributed by atoms with Gasteiger partial charge in [0, 0.05) is 6.07 Å². The summed E-state index contributed by atoms with van der Waals surface area (Å²) in [5, 5.41) is 3.15. The van der Waals surface area contributed by atoms with E-state index in [4.69, 9.17) is 10.5 Å². The Morgan fingerprint density at radius 2 is 2.20 bits per heavy atom. The number of ether oxygens (including phenoxy) is 1. The molecule has 6 nitrogen and oxygen atoms in total. The van der Waals surface area contributed by atoms with Crippen LogP contribution in [-0.2, 0) is 0 Å². The summed E-state index contributed by atoms with van der Waals surface area (Å²) in [5.41, 5.74) is 7.35. The number of rotatable bonds is 4. The van der Waals surface area contributed by atoms with E-state index in [1.54, 1.807) is 25.3 Å². The average molecular weight is 292 g/mol. The van der Waals surface area contributed by atoms with E-state index in [9.17, 15) is 4.79 Å². The normalized spacial score (nSPS) is 10.6. The highest BCUT2D eigenvalue weighted by Gasteiger charge is 2.16. The molecular formula is C13H16N4O2S. The molecule has 0 unspecified atom stereocenters. The summed E-state index contributed by atoms with van der Waals surface area (Å²) in [6.45, 7) is 5.60. The lowest BCUT2D eigenvalue weighted by Gasteiger charge is -2.09. The van der Waals surface area contributed by atoms with Gasteiger partial charge in [-0.05, 0) is 38.4 Å². The van der Waals surface area contributed by atoms with Crippen LogP contribution in [0.3, 0.4) is 0 Å². The highest BCUT2D eigenvalue weighted by molar-refractivity contribution is 7.10. The highest BCUT2D eigenvalue weighted by atomic mass is 32.1. The average Bonchev–Trinajstić information content (AvgIpc) is 2.71. The maximum absolute atomic E-state index is 12.1. The fourth-order valence-electron chi connectivity index (χ4n) is 1.62. The lowest BCUT2D eigenvalue weighted by molar-refractivity contribution is 0.102. The molecule has 0 aliphatic carbocycles. The minimum atomic E-state index is -0.284. The molecule has 0 aliphatic rings. The molecule has 0 fully saturated rings. The number of pyridine rings is 1. The highest BCUT2D eigenvalue weighted by Crippen LogP contribution is 2.22. The fraction of sp³-hybridized carbons (Fsp3) is 0.308. The second-order valence-corrected chi connectivity index (χ2v) is 5.32. The van der Waals surface area contributed by atoms with Gasteiger partial charge in [0.2, 0.25) is 5.88 Å². The van der Waals surface area contributed by atoms with Gasteiger partial charge < -0.3 is 15.8 Å². The molecule has 0 spiro atoms. The fourth-order valence-corrected chi connectivity index (χ4v) is 2.28. The Morgan fingerprint density at radius 3 is 2.70 bits per heavy atom. The molecule has 1 amide bonds. The summed E-state index contributed by atoms with van der Waals surface area (Å²) in [4.78, 5) is 16.2. The van der Waals surface area contributed by atoms with Crippen LogP contribution in [0.2, 0.25) is 0 Å². The number of carbonyl (C=O) groups is 1. The van der Waals surface area contributed by atoms with Crippen molar-refractivity contribution in [2.75, 3.05) is 11.1 Å². The van der Waals surface area contributed by atoms with Gasteiger partial charge in [-0.1, -0.05) is 0 Å². The molecule has 0 saturated carbocycles. The predicted octanol–water partition coefficient (Wildman–Crippen LogP) is 2.47. The van der Waals surface area contributed by atoms with Crippen LogP contribution in [0.25, 0.3) is 0 Å². The first-order valence-electron chi connectivity index (χ1n) is 6.13. The largest absolute Gasteiger partial charge is 0.475 e. The van der Waals surface area contributed by atoms with E-state index in [2.05, 4.69) is 14.7 Å². The first-order valence-corrected chi connectivity index (χ1v) is 6.90. The number of hydrogen-bond donors (Lipinski definition) is 2. The Bertz CT molecular complexity index is 588. The van der Waals surface area contributed by atoms with Gasteiger partial charge in [-0.25, -0.2) is 4.98 Å². The van der Waals surface area contributed by atoms with Crippen LogP contribution in [0.4, 0.5) is 10.7 Å². The quantitative estimate of drug-likeness (QED) is 0.903. The second kappa shape index (κ2) is 5.87. The molecule has 0 aliphatic heterocycles. The van der Waals surface area contributed by atoms with Gasteiger partial charge in [0.05, 0.1) is 29.2 Å². The van der Waals surface area contributed by atoms with Crippen molar-refractivity contribution in [2.24, 2.45) is 0 Å². The van der Waals surface area contributed by atoms with E-state index in [1.165, 1.54) is 0 Å². The van der Waals surface area contributed by atoms with Gasteiger partial charge in [0.25, 0.3) is 5.91 Å². The molecule has 0 atom stereocenters. The molecule has 2 aromatic heterocycles. The maximum atomic E-state index is 12.1. The van der Waals surface area contributed by atoms with Gasteiger partial charge in [-0.2, -0.15) is 4.37 Å². The monoisotopic (exact) mass is 292 g/mol. The van der Waals surface area contributed by atoms with Crippen molar-refractivity contribution in [1.82, 2.24) is 9.36 Å². The summed E-state index contributed by atoms with van der Waals surface area (Å²) in [6.07, 6.45) is 1.60. The molecule has 2 rings (SSSR count). The molecule has 0 aromatic carbocycles. The molecule has 7 heteroatoms. The molecule has 0 bridgehead atoms. The molecule has 0 radical (unpaired) electrons. The molecule has 106 valence electrons. The number of nitrogen functional groups attached to an aromatic ring is 1. The number of aryl methyl sites for hydroxylation is 1. The Hall–Kier alpha value is -2.15. The van der Waals surface area contributed by atoms with Gasteiger partial charge in [-0.3, -0.25) is 4.79 Å². The standard InChI is InChI=1S/C13H16N4O2S/c1-7(2)19-10-5-4-9(6-15-10)16-13(18)11-8(3)17-20-12(11)14/h4-7H,14H2,1-3H3,(H,16,18). The summed E-state index contributed by atoms with van der Waals surface area (Å²) < 4.78 is 9.48. The Labute approximate surface area is 121 Å². The zero-order chi connectivity index (χ0) is 14.7. The number of aromatic nitrogens is 2. The SMILES string of the molecule is Cc1nsc(N)c1C(=O)Nc1ccc(OC(C)C)nc1. The Balaban J connectivity index is 2.09. The number of hydrogen-bond acceptors (Lipinski definition) is 6. The van der Waals surface area contributed by atoms with Gasteiger partial charge in [0.1, 0.15) is 5.00 Å². The van der Waals surface area contributed by atoms with Crippen LogP contribution in [0.15, 0.2) is 18.3 Å². The van der Waals surface area contributed by atoms with Crippen LogP contribution in [0, 0.1) is 6.92 Å². The van der Waals surface area contributed by atoms with E-state index in [0.717, 1.165) is 11.5 Å². The third-order valence-corrected chi connectivity index (χ3v) is 3.23. The molecule has 2 aromatic rings. The van der Waals surface area contributed by atoms with Crippen LogP contribution < -0.4 is 15.8 Å². The summed E-state index contributed by atoms with van der Waals surface area (Å²) >= 11 is 1.11. The number of nitrogens with zero attached hydrogens (tertiary/aromatic N) is 2. The number of carbonyl (C=O) groups excluding carboxylic acids is 1. The van der Waals surface area contributed by atoms with E-state index in [-0.39, 0.29) is 12.0 Å². The van der Waals surface area contributed by atoms with Crippen molar-refractivity contribution in [3.8, 4) is 5.88 Å². The van der Waals surface area contributed by atoms with E-state index in [1.807, 2.05) is 13.8 Å². The Kier molecular flexibility index (Phi) is 4.19. The minimum Gasteiger partial charge on any atom is -0.475 e. The van der Waals surface area contributed by atoms with Crippen LogP contribution in [-0.4, -0.2) is 21.4 Å². The zero-order valence-electron chi connectivity index (χ0n) is 11.5. The lowest BCUT2D eigenvalue weighted by atomic mass is 10.2. The van der Waals surface area contributed by atoms with Crippen LogP contribution >= 0.6 is 11.5 Å². The number of nitrogens with two attached hydrogens (primary N) is 1. The summed E-state index contributed by atoms with van der Waals surface area (Å²) in [6, 6.07) is 3.44. The van der Waals surface area contributed by atoms with Gasteiger partial charge >= 0.3 is 0 Å². The van der Waals surface area contributed by atoms with Crippen molar-refractivity contribution in [3.63, 3.8) is 0 Å². The van der Waals surface area contributed by atoms with E-state index < -0.39 is 0 Å². The molecule has 2 heterocycles. The number of amides is 1. The first kappa shape index (κ1) is 14.3. The van der Waals surface area contributed by atoms with Gasteiger partial charge in [0.15, 0.2) is 0 Å². The van der Waals surface area contributed by atoms with Crippen LogP contribution in [0.1, 0.15) is 29.9 Å². The lowest BCUT2D eigenvalue weighted by Crippen LogP contribution is -2.14. The topological polar surface area (TPSA) is 90.1 Å². The molecular weight excluding hydrogens is 276 g/mol. The molecule has 20 heavy (non-hydrogen) atoms. The zero-order valence-corrected chi connectivity index (χ0v) is 12.3. The third-order valence-electron chi connectivity index (χ3n) is 2.47. The second-order valence-electron chi connectivity index (χ2n) is 4.51. The van der Waals surface area contributed by atoms with Crippen LogP contribution in [0.5, 0.6) is 5.88 Å². The number of anilines is 2. The van der Waals surface area contributed by atoms with E-state index in [0.29, 0.717) is 27.8 Å². The maximum Gasteiger partial charge on any atom is 0.260 e. The van der Waals surface area contributed by atoms with Crippen molar-refractivity contribution < 1.29 is 9.53 Å². The first-order chi connectivity index (χ1) is 9.47. The Morgan fingerprint density at radius 1 is 1.45 bits per heavy atom. The number of nitrogens with one attached hydrogen (secondary N) is 1. The van der Waals surface area contributed by atoms with Gasteiger partial charge in [-0.15, -0.1) is 0 Å². The molecule has 3 N–H and O–H groups in total. The van der Waals surface area contributed by atoms with E-state index >= 15 is 0 Å². The summed E-state index contributed by atoms with van der Waals surface area (Å²) in [5.74, 6) is 0.235. The third kappa shape index (κ3) is 3.24. The van der Waals surface area contributed by atoms with Crippen molar-refractivity contribution in [3.05, 3.63) is 29.6 Å². The van der Waals surface area contributed by atoms with Crippen molar-refractivity contribution >= 4 is 28.1 Å². The predicted molar refractivity (Wildman–Crippen MR) is 79.2 cm³/mol. The van der Waals surface area contributed by atoms with Crippen molar-refractivity contribution in [2.45, 2.75) is 26.9 Å². The minimum absolute atomic E-state index is 0.0577. The molecule has 0 saturated heterocycles. The van der Waals surface area contributed by atoms with Crippen molar-refractivity contribution in [1.29, 1.82) is 0 Å². The smallest absolute Gasteiger partial charge is 0.260 e. The summed E-state index contributed by atoms with van der Waals surface area (Å²) in [7, 11) is 0.